The molecule has 9 heteroatoms. The number of hydrogen-bond donors (Lipinski definition) is 3. The SMILES string of the molecule is O=C(CSc1ccc(NC(=O)/C(=C/c2ccc(Cl)cc2)NC(=O)c2ccccc2)cc1)Nc1ccccc1F. The second-order valence-corrected chi connectivity index (χ2v) is 9.71. The van der Waals surface area contributed by atoms with Crippen LogP contribution in [0.5, 0.6) is 0 Å². The number of carbonyl (C=O) groups is 3. The molecule has 4 aromatic rings. The lowest BCUT2D eigenvalue weighted by Gasteiger charge is -2.12. The summed E-state index contributed by atoms with van der Waals surface area (Å²) in [5, 5.41) is 8.56. The Hall–Kier alpha value is -4.40. The van der Waals surface area contributed by atoms with Gasteiger partial charge < -0.3 is 16.0 Å². The first kappa shape index (κ1) is 27.6. The molecular formula is C30H23ClFN3O3S. The lowest BCUT2D eigenvalue weighted by molar-refractivity contribution is -0.114. The van der Waals surface area contributed by atoms with Crippen LogP contribution in [0.15, 0.2) is 114 Å². The number of carbonyl (C=O) groups excluding carboxylic acids is 3. The molecule has 4 rings (SSSR count). The topological polar surface area (TPSA) is 87.3 Å². The van der Waals surface area contributed by atoms with E-state index in [-0.39, 0.29) is 23.0 Å². The largest absolute Gasteiger partial charge is 0.323 e. The summed E-state index contributed by atoms with van der Waals surface area (Å²) in [6.45, 7) is 0. The number of hydrogen-bond acceptors (Lipinski definition) is 4. The van der Waals surface area contributed by atoms with Crippen LogP contribution in [-0.4, -0.2) is 23.5 Å². The molecule has 0 bridgehead atoms. The number of benzene rings is 4. The number of rotatable bonds is 9. The van der Waals surface area contributed by atoms with Crippen molar-refractivity contribution in [2.75, 3.05) is 16.4 Å². The Morgan fingerprint density at radius 2 is 1.46 bits per heavy atom. The molecule has 0 fully saturated rings. The molecule has 0 heterocycles. The van der Waals surface area contributed by atoms with Crippen molar-refractivity contribution in [3.63, 3.8) is 0 Å². The van der Waals surface area contributed by atoms with E-state index in [4.69, 9.17) is 11.6 Å². The van der Waals surface area contributed by atoms with E-state index in [1.54, 1.807) is 97.1 Å². The fourth-order valence-corrected chi connectivity index (χ4v) is 4.22. The van der Waals surface area contributed by atoms with Crippen LogP contribution in [0, 0.1) is 5.82 Å². The van der Waals surface area contributed by atoms with Crippen molar-refractivity contribution in [3.05, 3.63) is 131 Å². The van der Waals surface area contributed by atoms with E-state index >= 15 is 0 Å². The van der Waals surface area contributed by atoms with Crippen molar-refractivity contribution < 1.29 is 18.8 Å². The van der Waals surface area contributed by atoms with E-state index < -0.39 is 17.6 Å². The van der Waals surface area contributed by atoms with Crippen molar-refractivity contribution in [2.45, 2.75) is 4.90 Å². The number of amides is 3. The Balaban J connectivity index is 1.40. The van der Waals surface area contributed by atoms with Crippen LogP contribution < -0.4 is 16.0 Å². The van der Waals surface area contributed by atoms with E-state index in [1.165, 1.54) is 23.9 Å². The molecule has 0 unspecified atom stereocenters. The van der Waals surface area contributed by atoms with Crippen LogP contribution >= 0.6 is 23.4 Å². The minimum Gasteiger partial charge on any atom is -0.323 e. The quantitative estimate of drug-likeness (QED) is 0.159. The van der Waals surface area contributed by atoms with Gasteiger partial charge >= 0.3 is 0 Å². The van der Waals surface area contributed by atoms with E-state index in [2.05, 4.69) is 16.0 Å². The van der Waals surface area contributed by atoms with Crippen LogP contribution in [-0.2, 0) is 9.59 Å². The lowest BCUT2D eigenvalue weighted by atomic mass is 10.1. The number of anilines is 2. The second kappa shape index (κ2) is 13.4. The summed E-state index contributed by atoms with van der Waals surface area (Å²) in [4.78, 5) is 38.9. The molecule has 196 valence electrons. The van der Waals surface area contributed by atoms with Gasteiger partial charge in [0, 0.05) is 21.2 Å². The van der Waals surface area contributed by atoms with Gasteiger partial charge in [-0.2, -0.15) is 0 Å². The molecule has 3 amide bonds. The van der Waals surface area contributed by atoms with Crippen molar-refractivity contribution >= 4 is 58.5 Å². The molecule has 39 heavy (non-hydrogen) atoms. The van der Waals surface area contributed by atoms with Gasteiger partial charge in [0.25, 0.3) is 11.8 Å². The van der Waals surface area contributed by atoms with Gasteiger partial charge in [0.2, 0.25) is 5.91 Å². The minimum atomic E-state index is -0.515. The van der Waals surface area contributed by atoms with E-state index in [0.717, 1.165) is 4.90 Å². The lowest BCUT2D eigenvalue weighted by Crippen LogP contribution is -2.30. The van der Waals surface area contributed by atoms with Gasteiger partial charge in [0.05, 0.1) is 11.4 Å². The highest BCUT2D eigenvalue weighted by Crippen LogP contribution is 2.22. The average molecular weight is 560 g/mol. The monoisotopic (exact) mass is 559 g/mol. The Morgan fingerprint density at radius 3 is 2.15 bits per heavy atom. The predicted octanol–water partition coefficient (Wildman–Crippen LogP) is 6.62. The molecule has 6 nitrogen and oxygen atoms in total. The summed E-state index contributed by atoms with van der Waals surface area (Å²) < 4.78 is 13.7. The maximum atomic E-state index is 13.7. The summed E-state index contributed by atoms with van der Waals surface area (Å²) in [5.41, 5.74) is 1.76. The van der Waals surface area contributed by atoms with Gasteiger partial charge in [-0.1, -0.05) is 54.1 Å². The van der Waals surface area contributed by atoms with Crippen molar-refractivity contribution in [1.29, 1.82) is 0 Å². The molecule has 0 atom stereocenters. The third-order valence-corrected chi connectivity index (χ3v) is 6.60. The molecule has 0 spiro atoms. The Kier molecular flexibility index (Phi) is 9.50. The van der Waals surface area contributed by atoms with Gasteiger partial charge in [-0.3, -0.25) is 14.4 Å². The number of nitrogens with one attached hydrogen (secondary N) is 3. The first-order valence-electron chi connectivity index (χ1n) is 11.8. The molecule has 0 radical (unpaired) electrons. The van der Waals surface area contributed by atoms with E-state index in [9.17, 15) is 18.8 Å². The summed E-state index contributed by atoms with van der Waals surface area (Å²) >= 11 is 7.24. The van der Waals surface area contributed by atoms with Crippen LogP contribution in [0.3, 0.4) is 0 Å². The van der Waals surface area contributed by atoms with Crippen molar-refractivity contribution in [3.8, 4) is 0 Å². The van der Waals surface area contributed by atoms with Gasteiger partial charge in [0.1, 0.15) is 11.5 Å². The maximum absolute atomic E-state index is 13.7. The molecule has 3 N–H and O–H groups in total. The summed E-state index contributed by atoms with van der Waals surface area (Å²) in [6.07, 6.45) is 1.56. The standard InChI is InChI=1S/C30H23ClFN3O3S/c31-22-12-10-20(11-13-22)18-27(35-29(37)21-6-2-1-3-7-21)30(38)33-23-14-16-24(17-15-23)39-19-28(36)34-26-9-5-4-8-25(26)32/h1-18H,19H2,(H,33,38)(H,34,36)(H,35,37)/b27-18-. The van der Waals surface area contributed by atoms with E-state index in [1.807, 2.05) is 0 Å². The zero-order valence-corrected chi connectivity index (χ0v) is 22.1. The van der Waals surface area contributed by atoms with Gasteiger partial charge in [0.15, 0.2) is 0 Å². The fraction of sp³-hybridized carbons (Fsp3) is 0.0333. The van der Waals surface area contributed by atoms with Crippen LogP contribution in [0.4, 0.5) is 15.8 Å². The molecule has 0 aliphatic rings. The smallest absolute Gasteiger partial charge is 0.272 e. The Labute approximate surface area is 234 Å². The molecular weight excluding hydrogens is 537 g/mol. The molecule has 0 aliphatic carbocycles. The van der Waals surface area contributed by atoms with E-state index in [0.29, 0.717) is 21.8 Å². The van der Waals surface area contributed by atoms with Crippen molar-refractivity contribution in [1.82, 2.24) is 5.32 Å². The maximum Gasteiger partial charge on any atom is 0.272 e. The highest BCUT2D eigenvalue weighted by atomic mass is 35.5. The molecule has 0 saturated heterocycles. The third kappa shape index (κ3) is 8.29. The summed E-state index contributed by atoms with van der Waals surface area (Å²) in [7, 11) is 0. The number of para-hydroxylation sites is 1. The minimum absolute atomic E-state index is 0.0504. The zero-order chi connectivity index (χ0) is 27.6. The first-order valence-corrected chi connectivity index (χ1v) is 13.2. The number of thioether (sulfide) groups is 1. The highest BCUT2D eigenvalue weighted by molar-refractivity contribution is 8.00. The molecule has 4 aromatic carbocycles. The van der Waals surface area contributed by atoms with Crippen LogP contribution in [0.2, 0.25) is 5.02 Å². The third-order valence-electron chi connectivity index (χ3n) is 5.34. The predicted molar refractivity (Wildman–Crippen MR) is 154 cm³/mol. The van der Waals surface area contributed by atoms with Gasteiger partial charge in [-0.25, -0.2) is 4.39 Å². The molecule has 0 saturated carbocycles. The molecule has 0 aliphatic heterocycles. The highest BCUT2D eigenvalue weighted by Gasteiger charge is 2.15. The summed E-state index contributed by atoms with van der Waals surface area (Å²) in [6, 6.07) is 28.3. The van der Waals surface area contributed by atoms with Crippen LogP contribution in [0.25, 0.3) is 6.08 Å². The second-order valence-electron chi connectivity index (χ2n) is 8.22. The first-order chi connectivity index (χ1) is 18.9. The number of halogens is 2. The Bertz CT molecular complexity index is 1490. The van der Waals surface area contributed by atoms with Gasteiger partial charge in [-0.15, -0.1) is 11.8 Å². The Morgan fingerprint density at radius 1 is 0.795 bits per heavy atom. The average Bonchev–Trinajstić information content (AvgIpc) is 2.95. The summed E-state index contributed by atoms with van der Waals surface area (Å²) in [5.74, 6) is -1.70. The van der Waals surface area contributed by atoms with Crippen LogP contribution in [0.1, 0.15) is 15.9 Å². The zero-order valence-electron chi connectivity index (χ0n) is 20.5. The van der Waals surface area contributed by atoms with Gasteiger partial charge in [-0.05, 0) is 72.3 Å². The fourth-order valence-electron chi connectivity index (χ4n) is 3.40. The molecule has 0 aromatic heterocycles. The normalized spacial score (nSPS) is 11.0. The van der Waals surface area contributed by atoms with Crippen molar-refractivity contribution in [2.24, 2.45) is 0 Å².